The van der Waals surface area contributed by atoms with E-state index in [1.165, 1.54) is 6.07 Å². The van der Waals surface area contributed by atoms with E-state index in [1.54, 1.807) is 0 Å². The lowest BCUT2D eigenvalue weighted by atomic mass is 10.2. The van der Waals surface area contributed by atoms with Gasteiger partial charge in [0.05, 0.1) is 15.5 Å². The monoisotopic (exact) mass is 317 g/mol. The largest absolute Gasteiger partial charge is 0.363 e. The Hall–Kier alpha value is -1.21. The standard InChI is InChI=1S/C11H13BrFN3O2/c1-7-6-15(3-2-14-7)10-4-8(12)9(13)5-11(10)16(17)18/h4-5,7,14H,2-3,6H2,1H3. The predicted octanol–water partition coefficient (Wildman–Crippen LogP) is 2.29. The van der Waals surface area contributed by atoms with Gasteiger partial charge in [0.25, 0.3) is 5.69 Å². The van der Waals surface area contributed by atoms with Crippen LogP contribution in [0.1, 0.15) is 6.92 Å². The molecule has 0 saturated carbocycles. The molecule has 0 bridgehead atoms. The van der Waals surface area contributed by atoms with Crippen LogP contribution in [0.15, 0.2) is 16.6 Å². The second kappa shape index (κ2) is 5.19. The maximum absolute atomic E-state index is 13.4. The van der Waals surface area contributed by atoms with Crippen LogP contribution in [-0.2, 0) is 0 Å². The van der Waals surface area contributed by atoms with E-state index < -0.39 is 10.7 Å². The molecule has 0 amide bonds. The summed E-state index contributed by atoms with van der Waals surface area (Å²) in [4.78, 5) is 12.4. The van der Waals surface area contributed by atoms with E-state index >= 15 is 0 Å². The number of nitrogens with one attached hydrogen (secondary N) is 1. The third-order valence-corrected chi connectivity index (χ3v) is 3.53. The zero-order valence-electron chi connectivity index (χ0n) is 9.82. The molecule has 1 N–H and O–H groups in total. The third kappa shape index (κ3) is 2.62. The highest BCUT2D eigenvalue weighted by Gasteiger charge is 2.25. The highest BCUT2D eigenvalue weighted by atomic mass is 79.9. The normalized spacial score (nSPS) is 19.9. The van der Waals surface area contributed by atoms with E-state index in [9.17, 15) is 14.5 Å². The van der Waals surface area contributed by atoms with Crippen LogP contribution in [-0.4, -0.2) is 30.6 Å². The van der Waals surface area contributed by atoms with Crippen LogP contribution in [0.4, 0.5) is 15.8 Å². The van der Waals surface area contributed by atoms with Gasteiger partial charge in [0.1, 0.15) is 11.5 Å². The fourth-order valence-corrected chi connectivity index (χ4v) is 2.41. The minimum Gasteiger partial charge on any atom is -0.363 e. The van der Waals surface area contributed by atoms with E-state index in [0.29, 0.717) is 18.8 Å². The van der Waals surface area contributed by atoms with Gasteiger partial charge in [0, 0.05) is 25.7 Å². The number of nitro benzene ring substituents is 1. The Labute approximate surface area is 112 Å². The molecule has 0 radical (unpaired) electrons. The summed E-state index contributed by atoms with van der Waals surface area (Å²) in [7, 11) is 0. The minimum atomic E-state index is -0.617. The summed E-state index contributed by atoms with van der Waals surface area (Å²) >= 11 is 3.07. The molecule has 1 aliphatic heterocycles. The first kappa shape index (κ1) is 13.2. The van der Waals surface area contributed by atoms with E-state index in [-0.39, 0.29) is 16.2 Å². The number of hydrogen-bond acceptors (Lipinski definition) is 4. The van der Waals surface area contributed by atoms with Crippen LogP contribution in [0.25, 0.3) is 0 Å². The van der Waals surface area contributed by atoms with E-state index in [2.05, 4.69) is 21.2 Å². The van der Waals surface area contributed by atoms with Gasteiger partial charge >= 0.3 is 0 Å². The molecular formula is C11H13BrFN3O2. The molecule has 1 atom stereocenters. The summed E-state index contributed by atoms with van der Waals surface area (Å²) in [5.41, 5.74) is 0.270. The molecule has 7 heteroatoms. The topological polar surface area (TPSA) is 58.4 Å². The number of hydrogen-bond donors (Lipinski definition) is 1. The Kier molecular flexibility index (Phi) is 3.82. The number of nitro groups is 1. The molecule has 0 aromatic heterocycles. The number of piperazine rings is 1. The lowest BCUT2D eigenvalue weighted by Gasteiger charge is -2.33. The van der Waals surface area contributed by atoms with Crippen molar-refractivity contribution in [1.82, 2.24) is 5.32 Å². The second-order valence-corrected chi connectivity index (χ2v) is 5.17. The summed E-state index contributed by atoms with van der Waals surface area (Å²) in [6, 6.07) is 2.69. The average molecular weight is 318 g/mol. The molecule has 2 rings (SSSR count). The Morgan fingerprint density at radius 1 is 1.61 bits per heavy atom. The van der Waals surface area contributed by atoms with E-state index in [0.717, 1.165) is 12.6 Å². The summed E-state index contributed by atoms with van der Waals surface area (Å²) in [5.74, 6) is -0.617. The van der Waals surface area contributed by atoms with Gasteiger partial charge in [-0.25, -0.2) is 4.39 Å². The molecular weight excluding hydrogens is 305 g/mol. The number of rotatable bonds is 2. The van der Waals surface area contributed by atoms with Crippen molar-refractivity contribution in [2.75, 3.05) is 24.5 Å². The molecule has 0 spiro atoms. The molecule has 18 heavy (non-hydrogen) atoms. The van der Waals surface area contributed by atoms with Crippen molar-refractivity contribution in [2.45, 2.75) is 13.0 Å². The first-order valence-electron chi connectivity index (χ1n) is 5.61. The quantitative estimate of drug-likeness (QED) is 0.671. The van der Waals surface area contributed by atoms with Crippen molar-refractivity contribution in [1.29, 1.82) is 0 Å². The van der Waals surface area contributed by atoms with Crippen molar-refractivity contribution in [2.24, 2.45) is 0 Å². The summed E-state index contributed by atoms with van der Waals surface area (Å²) < 4.78 is 13.6. The number of anilines is 1. The van der Waals surface area contributed by atoms with E-state index in [4.69, 9.17) is 0 Å². The second-order valence-electron chi connectivity index (χ2n) is 4.31. The maximum atomic E-state index is 13.4. The first-order valence-corrected chi connectivity index (χ1v) is 6.40. The Balaban J connectivity index is 2.41. The average Bonchev–Trinajstić information content (AvgIpc) is 2.31. The first-order chi connectivity index (χ1) is 8.49. The van der Waals surface area contributed by atoms with Crippen LogP contribution >= 0.6 is 15.9 Å². The Bertz CT molecular complexity index is 484. The predicted molar refractivity (Wildman–Crippen MR) is 70.4 cm³/mol. The number of halogens is 2. The van der Waals surface area contributed by atoms with Crippen LogP contribution in [0.5, 0.6) is 0 Å². The van der Waals surface area contributed by atoms with Crippen LogP contribution in [0.3, 0.4) is 0 Å². The van der Waals surface area contributed by atoms with Gasteiger partial charge < -0.3 is 10.2 Å². The highest BCUT2D eigenvalue weighted by molar-refractivity contribution is 9.10. The van der Waals surface area contributed by atoms with Gasteiger partial charge in [-0.05, 0) is 28.9 Å². The zero-order valence-corrected chi connectivity index (χ0v) is 11.4. The molecule has 1 saturated heterocycles. The van der Waals surface area contributed by atoms with Gasteiger partial charge in [-0.15, -0.1) is 0 Å². The molecule has 1 fully saturated rings. The molecule has 98 valence electrons. The summed E-state index contributed by atoms with van der Waals surface area (Å²) in [5, 5.41) is 14.2. The van der Waals surface area contributed by atoms with Crippen molar-refractivity contribution in [3.05, 3.63) is 32.5 Å². The van der Waals surface area contributed by atoms with Crippen molar-refractivity contribution in [3.63, 3.8) is 0 Å². The fraction of sp³-hybridized carbons (Fsp3) is 0.455. The van der Waals surface area contributed by atoms with Crippen molar-refractivity contribution in [3.8, 4) is 0 Å². The molecule has 0 aliphatic carbocycles. The van der Waals surface area contributed by atoms with Crippen LogP contribution < -0.4 is 10.2 Å². The number of nitrogens with zero attached hydrogens (tertiary/aromatic N) is 2. The van der Waals surface area contributed by atoms with Gasteiger partial charge in [-0.3, -0.25) is 10.1 Å². The van der Waals surface area contributed by atoms with Gasteiger partial charge in [-0.2, -0.15) is 0 Å². The van der Waals surface area contributed by atoms with Crippen LogP contribution in [0.2, 0.25) is 0 Å². The molecule has 1 aromatic rings. The van der Waals surface area contributed by atoms with Gasteiger partial charge in [-0.1, -0.05) is 0 Å². The lowest BCUT2D eigenvalue weighted by molar-refractivity contribution is -0.384. The summed E-state index contributed by atoms with van der Waals surface area (Å²) in [6.07, 6.45) is 0. The Morgan fingerprint density at radius 3 is 2.94 bits per heavy atom. The molecule has 1 unspecified atom stereocenters. The third-order valence-electron chi connectivity index (χ3n) is 2.92. The van der Waals surface area contributed by atoms with Crippen LogP contribution in [0, 0.1) is 15.9 Å². The molecule has 5 nitrogen and oxygen atoms in total. The lowest BCUT2D eigenvalue weighted by Crippen LogP contribution is -2.49. The number of benzene rings is 1. The summed E-state index contributed by atoms with van der Waals surface area (Å²) in [6.45, 7) is 4.10. The molecule has 1 aromatic carbocycles. The zero-order chi connectivity index (χ0) is 13.3. The van der Waals surface area contributed by atoms with Gasteiger partial charge in [0.2, 0.25) is 0 Å². The Morgan fingerprint density at radius 2 is 2.33 bits per heavy atom. The van der Waals surface area contributed by atoms with E-state index in [1.807, 2.05) is 11.8 Å². The fourth-order valence-electron chi connectivity index (χ4n) is 2.08. The minimum absolute atomic E-state index is 0.190. The SMILES string of the molecule is CC1CN(c2cc(Br)c(F)cc2[N+](=O)[O-])CCN1. The molecule has 1 aliphatic rings. The van der Waals surface area contributed by atoms with Crippen molar-refractivity contribution >= 4 is 27.3 Å². The smallest absolute Gasteiger partial charge is 0.295 e. The maximum Gasteiger partial charge on any atom is 0.295 e. The molecule has 1 heterocycles. The van der Waals surface area contributed by atoms with Gasteiger partial charge in [0.15, 0.2) is 0 Å². The highest BCUT2D eigenvalue weighted by Crippen LogP contribution is 2.33. The van der Waals surface area contributed by atoms with Crippen molar-refractivity contribution < 1.29 is 9.31 Å².